The lowest BCUT2D eigenvalue weighted by Gasteiger charge is -2.39. The van der Waals surface area contributed by atoms with Crippen LogP contribution >= 0.6 is 0 Å². The summed E-state index contributed by atoms with van der Waals surface area (Å²) in [6, 6.07) is 5.50. The number of aliphatic imine (C=N–C) groups is 1. The quantitative estimate of drug-likeness (QED) is 0.148. The average molecular weight is 803 g/mol. The van der Waals surface area contributed by atoms with Gasteiger partial charge in [-0.15, -0.1) is 0 Å². The minimum absolute atomic E-state index is 0.0200. The Kier molecular flexibility index (Phi) is 12.0. The van der Waals surface area contributed by atoms with Crippen LogP contribution in [0.25, 0.3) is 11.0 Å². The lowest BCUT2D eigenvalue weighted by Crippen LogP contribution is -2.44. The third-order valence-corrected chi connectivity index (χ3v) is 12.2. The molecule has 3 N–H and O–H groups in total. The number of hydrazone groups is 1. The van der Waals surface area contributed by atoms with Crippen LogP contribution in [0.2, 0.25) is 0 Å². The number of fused-ring (bicyclic) bond motifs is 1. The summed E-state index contributed by atoms with van der Waals surface area (Å²) >= 11 is 0. The Balaban J connectivity index is 0.918. The summed E-state index contributed by atoms with van der Waals surface area (Å²) in [6.07, 6.45) is 7.92. The molecule has 58 heavy (non-hydrogen) atoms. The lowest BCUT2D eigenvalue weighted by molar-refractivity contribution is -0.135. The van der Waals surface area contributed by atoms with E-state index in [1.165, 1.54) is 15.8 Å². The fourth-order valence-electron chi connectivity index (χ4n) is 8.91. The van der Waals surface area contributed by atoms with Crippen LogP contribution in [0.5, 0.6) is 0 Å². The summed E-state index contributed by atoms with van der Waals surface area (Å²) in [7, 11) is 5.53. The number of amides is 3. The number of carbonyl (C=O) groups excluding carboxylic acids is 3. The summed E-state index contributed by atoms with van der Waals surface area (Å²) in [5, 5.41) is 17.5. The van der Waals surface area contributed by atoms with Gasteiger partial charge in [0, 0.05) is 58.8 Å². The normalized spacial score (nSPS) is 23.8. The summed E-state index contributed by atoms with van der Waals surface area (Å²) in [4.78, 5) is 60.1. The number of amidine groups is 1. The third kappa shape index (κ3) is 8.25. The Hall–Kier alpha value is -5.49. The number of aromatic nitrogens is 4. The van der Waals surface area contributed by atoms with Gasteiger partial charge >= 0.3 is 5.69 Å². The second kappa shape index (κ2) is 17.2. The molecule has 1 atom stereocenters. The van der Waals surface area contributed by atoms with E-state index in [9.17, 15) is 28.0 Å². The van der Waals surface area contributed by atoms with E-state index in [0.29, 0.717) is 42.1 Å². The molecule has 2 aromatic heterocycles. The molecule has 16 nitrogen and oxygen atoms in total. The molecule has 3 amide bonds. The minimum atomic E-state index is -2.86. The number of hydrogen-bond donors (Lipinski definition) is 3. The van der Waals surface area contributed by atoms with Crippen molar-refractivity contribution in [3.05, 3.63) is 69.8 Å². The smallest absolute Gasteiger partial charge is 0.325 e. The summed E-state index contributed by atoms with van der Waals surface area (Å²) in [5.41, 5.74) is 2.01. The zero-order valence-corrected chi connectivity index (χ0v) is 33.5. The van der Waals surface area contributed by atoms with E-state index in [2.05, 4.69) is 54.7 Å². The monoisotopic (exact) mass is 802 g/mol. The Labute approximate surface area is 335 Å². The molecule has 5 heterocycles. The number of benzene rings is 1. The molecule has 0 bridgehead atoms. The third-order valence-electron chi connectivity index (χ3n) is 12.2. The van der Waals surface area contributed by atoms with Gasteiger partial charge in [-0.1, -0.05) is 12.1 Å². The van der Waals surface area contributed by atoms with Crippen molar-refractivity contribution in [2.75, 3.05) is 39.0 Å². The van der Waals surface area contributed by atoms with Crippen molar-refractivity contribution in [2.24, 2.45) is 23.1 Å². The first-order valence-corrected chi connectivity index (χ1v) is 19.9. The molecule has 4 aliphatic rings. The minimum Gasteiger partial charge on any atom is -0.325 e. The number of anilines is 1. The van der Waals surface area contributed by atoms with Crippen LogP contribution in [0.15, 0.2) is 63.0 Å². The molecule has 1 aliphatic carbocycles. The van der Waals surface area contributed by atoms with Crippen LogP contribution in [0.3, 0.4) is 0 Å². The predicted octanol–water partition coefficient (Wildman–Crippen LogP) is 4.01. The molecule has 3 fully saturated rings. The van der Waals surface area contributed by atoms with Crippen molar-refractivity contribution in [1.82, 2.24) is 44.4 Å². The van der Waals surface area contributed by atoms with Crippen LogP contribution < -0.4 is 21.6 Å². The van der Waals surface area contributed by atoms with Crippen LogP contribution in [0.1, 0.15) is 88.1 Å². The zero-order valence-electron chi connectivity index (χ0n) is 33.5. The molecule has 310 valence electrons. The average Bonchev–Trinajstić information content (AvgIpc) is 3.76. The van der Waals surface area contributed by atoms with E-state index in [4.69, 9.17) is 0 Å². The standard InChI is InChI=1S/C40H52F2N12O4/c1-24(37-46-32(43-2)17-20-52(37)44-3)38(56)45-29-23-53(48-34(29)36(41)42)28-11-9-25(10-12-28)21-49(4)27-15-18-51(19-16-27)22-26-7-6-8-30-35(26)50(5)40(58)54(30)31-13-14-33(55)47-39(31)57/h6-8,17,20,23,25,27-28,31,36H,3,9-16,18-19,21-22H2,1-2,4-5H3,(H,43,46)(H,45,56)(H,47,55,57)/b37-24+. The summed E-state index contributed by atoms with van der Waals surface area (Å²) < 4.78 is 33.1. The number of carbonyl (C=O) groups is 3. The molecule has 1 aromatic carbocycles. The van der Waals surface area contributed by atoms with Gasteiger partial charge in [0.05, 0.1) is 28.3 Å². The highest BCUT2D eigenvalue weighted by molar-refractivity contribution is 6.05. The highest BCUT2D eigenvalue weighted by atomic mass is 19.3. The Morgan fingerprint density at radius 3 is 2.50 bits per heavy atom. The first-order valence-electron chi connectivity index (χ1n) is 19.9. The Bertz CT molecular complexity index is 2220. The number of imidazole rings is 1. The number of para-hydroxylation sites is 1. The van der Waals surface area contributed by atoms with Crippen molar-refractivity contribution in [2.45, 2.75) is 89.4 Å². The number of hydrogen-bond acceptors (Lipinski definition) is 10. The van der Waals surface area contributed by atoms with Gasteiger partial charge in [0.15, 0.2) is 5.69 Å². The molecule has 18 heteroatoms. The Morgan fingerprint density at radius 2 is 1.83 bits per heavy atom. The molecular formula is C40H52F2N12O4. The predicted molar refractivity (Wildman–Crippen MR) is 216 cm³/mol. The fraction of sp³-hybridized carbons (Fsp3) is 0.525. The van der Waals surface area contributed by atoms with E-state index in [1.54, 1.807) is 42.5 Å². The lowest BCUT2D eigenvalue weighted by atomic mass is 9.85. The number of nitrogens with zero attached hydrogens (tertiary/aromatic N) is 9. The number of rotatable bonds is 11. The first-order chi connectivity index (χ1) is 27.9. The molecule has 7 rings (SSSR count). The second-order valence-electron chi connectivity index (χ2n) is 15.8. The molecule has 0 radical (unpaired) electrons. The van der Waals surface area contributed by atoms with Gasteiger partial charge < -0.3 is 15.5 Å². The van der Waals surface area contributed by atoms with E-state index in [0.717, 1.165) is 69.2 Å². The van der Waals surface area contributed by atoms with Gasteiger partial charge in [-0.2, -0.15) is 10.2 Å². The topological polar surface area (TPSA) is 166 Å². The van der Waals surface area contributed by atoms with E-state index in [1.807, 2.05) is 18.2 Å². The maximum absolute atomic E-state index is 14.2. The fourth-order valence-corrected chi connectivity index (χ4v) is 8.91. The van der Waals surface area contributed by atoms with Crippen LogP contribution in [-0.2, 0) is 28.0 Å². The highest BCUT2D eigenvalue weighted by Gasteiger charge is 2.33. The van der Waals surface area contributed by atoms with Crippen molar-refractivity contribution in [3.63, 3.8) is 0 Å². The van der Waals surface area contributed by atoms with Crippen LogP contribution in [-0.4, -0.2) is 104 Å². The van der Waals surface area contributed by atoms with E-state index in [-0.39, 0.29) is 35.3 Å². The largest absolute Gasteiger partial charge is 0.329 e. The van der Waals surface area contributed by atoms with Crippen molar-refractivity contribution >= 4 is 47.0 Å². The van der Waals surface area contributed by atoms with Crippen LogP contribution in [0.4, 0.5) is 14.5 Å². The van der Waals surface area contributed by atoms with Crippen molar-refractivity contribution in [3.8, 4) is 0 Å². The summed E-state index contributed by atoms with van der Waals surface area (Å²) in [6.45, 7) is 8.55. The van der Waals surface area contributed by atoms with Gasteiger partial charge in [0.2, 0.25) is 11.8 Å². The number of nitrogens with one attached hydrogen (secondary N) is 3. The zero-order chi connectivity index (χ0) is 41.2. The number of likely N-dealkylation sites (tertiary alicyclic amines) is 1. The van der Waals surface area contributed by atoms with Gasteiger partial charge in [-0.25, -0.2) is 18.6 Å². The number of halogens is 2. The van der Waals surface area contributed by atoms with Gasteiger partial charge in [0.1, 0.15) is 17.7 Å². The maximum Gasteiger partial charge on any atom is 0.329 e. The van der Waals surface area contributed by atoms with E-state index < -0.39 is 30.0 Å². The van der Waals surface area contributed by atoms with Crippen LogP contribution in [0, 0.1) is 5.92 Å². The molecule has 3 aliphatic heterocycles. The SMILES string of the molecule is C=NN1C=CC(=NC)N/C1=C(/C)C(=O)Nc1cn(C2CCC(CN(C)C3CCN(Cc4cccc5c4n(C)c(=O)n5C4CCC(=O)NC4=O)CC3)CC2)nc1C(F)F. The van der Waals surface area contributed by atoms with E-state index >= 15 is 0 Å². The Morgan fingerprint density at radius 1 is 1.09 bits per heavy atom. The van der Waals surface area contributed by atoms with Crippen molar-refractivity contribution in [1.29, 1.82) is 0 Å². The van der Waals surface area contributed by atoms with Gasteiger partial charge in [-0.05, 0) is 95.6 Å². The highest BCUT2D eigenvalue weighted by Crippen LogP contribution is 2.36. The molecule has 0 spiro atoms. The molecule has 1 unspecified atom stereocenters. The summed E-state index contributed by atoms with van der Waals surface area (Å²) in [5.74, 6) is -0.0316. The molecular weight excluding hydrogens is 751 g/mol. The number of aryl methyl sites for hydroxylation is 1. The first kappa shape index (κ1) is 40.7. The molecule has 2 saturated heterocycles. The molecule has 3 aromatic rings. The molecule has 1 saturated carbocycles. The van der Waals surface area contributed by atoms with Crippen molar-refractivity contribution < 1.29 is 23.2 Å². The number of imide groups is 1. The number of piperidine rings is 2. The second-order valence-corrected chi connectivity index (χ2v) is 15.8. The van der Waals surface area contributed by atoms with Gasteiger partial charge in [-0.3, -0.25) is 43.4 Å². The maximum atomic E-state index is 14.2. The van der Waals surface area contributed by atoms with Gasteiger partial charge in [0.25, 0.3) is 12.3 Å². The number of alkyl halides is 2.